The van der Waals surface area contributed by atoms with Crippen LogP contribution in [0.3, 0.4) is 0 Å². The van der Waals surface area contributed by atoms with Crippen molar-refractivity contribution >= 4 is 0 Å². The monoisotopic (exact) mass is 258 g/mol. The molecule has 102 valence electrons. The molecule has 2 atom stereocenters. The lowest BCUT2D eigenvalue weighted by atomic mass is 10.2. The summed E-state index contributed by atoms with van der Waals surface area (Å²) >= 11 is 0. The van der Waals surface area contributed by atoms with Gasteiger partial charge in [0.05, 0.1) is 12.7 Å². The van der Waals surface area contributed by atoms with Crippen LogP contribution in [0.15, 0.2) is 21.9 Å². The SMILES string of the molecule is COC.O=c1ccn(C2CCC(CO)O2)c(=O)[nH]1. The Balaban J connectivity index is 0.000000492. The average Bonchev–Trinajstić information content (AvgIpc) is 2.78. The van der Waals surface area contributed by atoms with Gasteiger partial charge in [0.1, 0.15) is 6.23 Å². The van der Waals surface area contributed by atoms with Gasteiger partial charge in [0.25, 0.3) is 5.56 Å². The minimum Gasteiger partial charge on any atom is -0.394 e. The molecular weight excluding hydrogens is 240 g/mol. The molecule has 0 bridgehead atoms. The van der Waals surface area contributed by atoms with Crippen molar-refractivity contribution in [3.05, 3.63) is 33.1 Å². The molecule has 2 heterocycles. The molecule has 0 aliphatic carbocycles. The Morgan fingerprint density at radius 1 is 1.50 bits per heavy atom. The molecule has 18 heavy (non-hydrogen) atoms. The maximum absolute atomic E-state index is 11.4. The number of ether oxygens (including phenoxy) is 2. The molecule has 0 radical (unpaired) electrons. The van der Waals surface area contributed by atoms with E-state index < -0.39 is 11.2 Å². The van der Waals surface area contributed by atoms with E-state index in [2.05, 4.69) is 9.72 Å². The zero-order valence-electron chi connectivity index (χ0n) is 10.5. The number of nitrogens with zero attached hydrogens (tertiary/aromatic N) is 1. The normalized spacial score (nSPS) is 22.4. The number of aliphatic hydroxyl groups excluding tert-OH is 1. The average molecular weight is 258 g/mol. The molecule has 1 aromatic heterocycles. The molecule has 2 unspecified atom stereocenters. The molecule has 1 aromatic rings. The highest BCUT2D eigenvalue weighted by atomic mass is 16.5. The van der Waals surface area contributed by atoms with Crippen molar-refractivity contribution < 1.29 is 14.6 Å². The van der Waals surface area contributed by atoms with E-state index in [-0.39, 0.29) is 18.9 Å². The lowest BCUT2D eigenvalue weighted by Gasteiger charge is -2.13. The summed E-state index contributed by atoms with van der Waals surface area (Å²) < 4.78 is 11.0. The largest absolute Gasteiger partial charge is 0.394 e. The van der Waals surface area contributed by atoms with Gasteiger partial charge in [-0.1, -0.05) is 0 Å². The third-order valence-electron chi connectivity index (χ3n) is 2.45. The van der Waals surface area contributed by atoms with Crippen molar-refractivity contribution in [1.82, 2.24) is 9.55 Å². The van der Waals surface area contributed by atoms with Crippen LogP contribution in [-0.4, -0.2) is 41.6 Å². The molecule has 1 aliphatic rings. The van der Waals surface area contributed by atoms with E-state index in [9.17, 15) is 9.59 Å². The number of methoxy groups -OCH3 is 1. The summed E-state index contributed by atoms with van der Waals surface area (Å²) in [4.78, 5) is 24.4. The number of aromatic amines is 1. The zero-order chi connectivity index (χ0) is 13.5. The maximum Gasteiger partial charge on any atom is 0.330 e. The standard InChI is InChI=1S/C9H12N2O4.C2H6O/c12-5-6-1-2-8(15-6)11-4-3-7(13)10-9(11)14;1-3-2/h3-4,6,8,12H,1-2,5H2,(H,10,13,14);1-2H3. The molecule has 7 heteroatoms. The van der Waals surface area contributed by atoms with Gasteiger partial charge in [-0.05, 0) is 12.8 Å². The van der Waals surface area contributed by atoms with Crippen molar-refractivity contribution in [3.63, 3.8) is 0 Å². The van der Waals surface area contributed by atoms with Crippen molar-refractivity contribution in [2.75, 3.05) is 20.8 Å². The van der Waals surface area contributed by atoms with Gasteiger partial charge in [-0.3, -0.25) is 14.3 Å². The van der Waals surface area contributed by atoms with Crippen LogP contribution in [-0.2, 0) is 9.47 Å². The minimum absolute atomic E-state index is 0.0470. The van der Waals surface area contributed by atoms with Crippen LogP contribution < -0.4 is 11.2 Å². The molecule has 2 N–H and O–H groups in total. The summed E-state index contributed by atoms with van der Waals surface area (Å²) in [5.74, 6) is 0. The molecule has 0 amide bonds. The van der Waals surface area contributed by atoms with Crippen LogP contribution in [0.25, 0.3) is 0 Å². The summed E-state index contributed by atoms with van der Waals surface area (Å²) in [6.07, 6.45) is 2.19. The molecule has 1 saturated heterocycles. The van der Waals surface area contributed by atoms with Gasteiger partial charge < -0.3 is 14.6 Å². The van der Waals surface area contributed by atoms with E-state index in [1.165, 1.54) is 16.8 Å². The van der Waals surface area contributed by atoms with Crippen molar-refractivity contribution in [2.45, 2.75) is 25.2 Å². The third kappa shape index (κ3) is 3.80. The van der Waals surface area contributed by atoms with E-state index in [1.54, 1.807) is 14.2 Å². The molecule has 7 nitrogen and oxygen atoms in total. The van der Waals surface area contributed by atoms with Gasteiger partial charge in [0.15, 0.2) is 0 Å². The second-order valence-corrected chi connectivity index (χ2v) is 3.90. The summed E-state index contributed by atoms with van der Waals surface area (Å²) in [5.41, 5.74) is -0.904. The predicted octanol–water partition coefficient (Wildman–Crippen LogP) is -0.531. The molecule has 0 saturated carbocycles. The summed E-state index contributed by atoms with van der Waals surface area (Å²) in [7, 11) is 3.25. The Morgan fingerprint density at radius 2 is 2.17 bits per heavy atom. The van der Waals surface area contributed by atoms with Gasteiger partial charge in [0, 0.05) is 26.5 Å². The van der Waals surface area contributed by atoms with E-state index >= 15 is 0 Å². The maximum atomic E-state index is 11.4. The number of hydrogen-bond donors (Lipinski definition) is 2. The topological polar surface area (TPSA) is 93.5 Å². The number of H-pyrrole nitrogens is 1. The third-order valence-corrected chi connectivity index (χ3v) is 2.45. The van der Waals surface area contributed by atoms with Gasteiger partial charge in [0.2, 0.25) is 0 Å². The Bertz CT molecular complexity index is 467. The molecule has 2 rings (SSSR count). The predicted molar refractivity (Wildman–Crippen MR) is 64.5 cm³/mol. The van der Waals surface area contributed by atoms with Gasteiger partial charge in [-0.15, -0.1) is 0 Å². The first kappa shape index (κ1) is 14.6. The van der Waals surface area contributed by atoms with Crippen LogP contribution in [0.1, 0.15) is 19.1 Å². The van der Waals surface area contributed by atoms with E-state index in [0.717, 1.165) is 0 Å². The van der Waals surface area contributed by atoms with Gasteiger partial charge >= 0.3 is 5.69 Å². The number of hydrogen-bond acceptors (Lipinski definition) is 5. The molecular formula is C11H18N2O5. The Labute approximate surface area is 104 Å². The molecule has 1 fully saturated rings. The number of aromatic nitrogens is 2. The first-order chi connectivity index (χ1) is 8.62. The van der Waals surface area contributed by atoms with Gasteiger partial charge in [-0.25, -0.2) is 4.79 Å². The lowest BCUT2D eigenvalue weighted by Crippen LogP contribution is -2.31. The summed E-state index contributed by atoms with van der Waals surface area (Å²) in [6, 6.07) is 1.27. The molecule has 0 spiro atoms. The van der Waals surface area contributed by atoms with Crippen LogP contribution in [0.4, 0.5) is 0 Å². The second kappa shape index (κ2) is 7.10. The first-order valence-corrected chi connectivity index (χ1v) is 5.60. The van der Waals surface area contributed by atoms with E-state index in [1.807, 2.05) is 0 Å². The summed E-state index contributed by atoms with van der Waals surface area (Å²) in [6.45, 7) is -0.0470. The number of rotatable bonds is 2. The zero-order valence-corrected chi connectivity index (χ0v) is 10.5. The Hall–Kier alpha value is -1.44. The van der Waals surface area contributed by atoms with E-state index in [4.69, 9.17) is 9.84 Å². The van der Waals surface area contributed by atoms with Crippen LogP contribution in [0.2, 0.25) is 0 Å². The van der Waals surface area contributed by atoms with Crippen molar-refractivity contribution in [2.24, 2.45) is 0 Å². The Morgan fingerprint density at radius 3 is 2.67 bits per heavy atom. The number of nitrogens with one attached hydrogen (secondary N) is 1. The van der Waals surface area contributed by atoms with Crippen LogP contribution >= 0.6 is 0 Å². The van der Waals surface area contributed by atoms with E-state index in [0.29, 0.717) is 12.8 Å². The molecule has 1 aliphatic heterocycles. The van der Waals surface area contributed by atoms with Crippen molar-refractivity contribution in [1.29, 1.82) is 0 Å². The first-order valence-electron chi connectivity index (χ1n) is 5.60. The second-order valence-electron chi connectivity index (χ2n) is 3.90. The fraction of sp³-hybridized carbons (Fsp3) is 0.636. The van der Waals surface area contributed by atoms with Crippen LogP contribution in [0, 0.1) is 0 Å². The fourth-order valence-electron chi connectivity index (χ4n) is 1.68. The lowest BCUT2D eigenvalue weighted by molar-refractivity contribution is -0.0246. The summed E-state index contributed by atoms with van der Waals surface area (Å²) in [5, 5.41) is 8.87. The fourth-order valence-corrected chi connectivity index (χ4v) is 1.68. The molecule has 0 aromatic carbocycles. The van der Waals surface area contributed by atoms with Crippen LogP contribution in [0.5, 0.6) is 0 Å². The van der Waals surface area contributed by atoms with Gasteiger partial charge in [-0.2, -0.15) is 0 Å². The highest BCUT2D eigenvalue weighted by Gasteiger charge is 2.26. The Kier molecular flexibility index (Phi) is 5.76. The highest BCUT2D eigenvalue weighted by molar-refractivity contribution is 4.85. The quantitative estimate of drug-likeness (QED) is 0.743. The van der Waals surface area contributed by atoms with Crippen molar-refractivity contribution in [3.8, 4) is 0 Å². The minimum atomic E-state index is -0.480. The number of aliphatic hydroxyl groups is 1. The highest BCUT2D eigenvalue weighted by Crippen LogP contribution is 2.26. The smallest absolute Gasteiger partial charge is 0.330 e.